The van der Waals surface area contributed by atoms with Crippen LogP contribution in [0.25, 0.3) is 22.0 Å². The van der Waals surface area contributed by atoms with Gasteiger partial charge in [0.05, 0.1) is 50.6 Å². The van der Waals surface area contributed by atoms with E-state index in [0.29, 0.717) is 18.6 Å². The van der Waals surface area contributed by atoms with Crippen molar-refractivity contribution in [3.63, 3.8) is 0 Å². The number of quaternary nitrogens is 1. The van der Waals surface area contributed by atoms with E-state index in [1.807, 2.05) is 44.5 Å². The molecule has 0 fully saturated rings. The maximum absolute atomic E-state index is 15.1. The molecule has 0 spiro atoms. The summed E-state index contributed by atoms with van der Waals surface area (Å²) in [6, 6.07) is 7.35. The number of hydrogen-bond acceptors (Lipinski definition) is 6. The molecule has 0 radical (unpaired) electrons. The van der Waals surface area contributed by atoms with Crippen LogP contribution in [0.3, 0.4) is 0 Å². The smallest absolute Gasteiger partial charge is 0.305 e. The molecule has 0 saturated heterocycles. The molecule has 1 aromatic carbocycles. The lowest BCUT2D eigenvalue weighted by Gasteiger charge is -2.31. The monoisotopic (exact) mass is 523 g/mol. The first-order valence-electron chi connectivity index (χ1n) is 12.9. The van der Waals surface area contributed by atoms with E-state index in [2.05, 4.69) is 35.0 Å². The van der Waals surface area contributed by atoms with Crippen LogP contribution in [-0.2, 0) is 9.53 Å². The standard InChI is InChI=1S/C29H36FN4O2S/c1-5-36-27(35)12-9-17-34(3,4)16-7-6-14-33-15-13-22(28-23(30)10-8-11-24(28)33)19-26-32-29-25(37-26)18-21(2)20-31-29/h8,10-11,13,15,18-20H,5-7,9,12,14,16-17H2,1-4H3/q+1. The van der Waals surface area contributed by atoms with Gasteiger partial charge in [0.15, 0.2) is 5.65 Å². The molecule has 1 aliphatic rings. The fourth-order valence-electron chi connectivity index (χ4n) is 4.63. The number of allylic oxidation sites excluding steroid dienone is 2. The van der Waals surface area contributed by atoms with Crippen LogP contribution in [0.15, 0.2) is 42.7 Å². The number of rotatable bonds is 11. The highest BCUT2D eigenvalue weighted by Gasteiger charge is 2.21. The van der Waals surface area contributed by atoms with Gasteiger partial charge in [-0.05, 0) is 68.2 Å². The molecule has 37 heavy (non-hydrogen) atoms. The minimum atomic E-state index is -0.229. The van der Waals surface area contributed by atoms with Crippen LogP contribution < -0.4 is 4.90 Å². The van der Waals surface area contributed by atoms with Crippen molar-refractivity contribution in [3.05, 3.63) is 64.7 Å². The van der Waals surface area contributed by atoms with Gasteiger partial charge in [0.25, 0.3) is 0 Å². The number of thiazole rings is 1. The summed E-state index contributed by atoms with van der Waals surface area (Å²) < 4.78 is 22.0. The quantitative estimate of drug-likeness (QED) is 0.170. The Morgan fingerprint density at radius 3 is 2.84 bits per heavy atom. The maximum Gasteiger partial charge on any atom is 0.305 e. The fraction of sp³-hybridized carbons (Fsp3) is 0.414. The number of esters is 1. The first-order valence-corrected chi connectivity index (χ1v) is 13.7. The number of pyridine rings is 1. The number of unbranched alkanes of at least 4 members (excludes halogenated alkanes) is 1. The van der Waals surface area contributed by atoms with Crippen LogP contribution in [0.2, 0.25) is 0 Å². The Morgan fingerprint density at radius 2 is 2.03 bits per heavy atom. The van der Waals surface area contributed by atoms with E-state index in [4.69, 9.17) is 4.74 Å². The molecule has 4 rings (SSSR count). The molecule has 3 heterocycles. The predicted octanol–water partition coefficient (Wildman–Crippen LogP) is 6.21. The number of carbonyl (C=O) groups excluding carboxylic acids is 1. The summed E-state index contributed by atoms with van der Waals surface area (Å²) in [5, 5.41) is 0.818. The number of fused-ring (bicyclic) bond motifs is 2. The average Bonchev–Trinajstić information content (AvgIpc) is 3.24. The number of anilines is 1. The summed E-state index contributed by atoms with van der Waals surface area (Å²) in [6.45, 7) is 7.05. The van der Waals surface area contributed by atoms with E-state index in [9.17, 15) is 4.79 Å². The zero-order valence-corrected chi connectivity index (χ0v) is 23.0. The number of nitrogens with zero attached hydrogens (tertiary/aromatic N) is 4. The molecule has 2 aromatic heterocycles. The summed E-state index contributed by atoms with van der Waals surface area (Å²) in [4.78, 5) is 22.8. The third-order valence-electron chi connectivity index (χ3n) is 6.57. The van der Waals surface area contributed by atoms with Crippen molar-refractivity contribution in [2.45, 2.75) is 39.5 Å². The molecule has 0 saturated carbocycles. The molecule has 3 aromatic rings. The van der Waals surface area contributed by atoms with Crippen molar-refractivity contribution in [1.82, 2.24) is 9.97 Å². The minimum Gasteiger partial charge on any atom is -0.466 e. The van der Waals surface area contributed by atoms with Crippen molar-refractivity contribution >= 4 is 45.0 Å². The molecular weight excluding hydrogens is 487 g/mol. The Morgan fingerprint density at radius 1 is 1.22 bits per heavy atom. The zero-order valence-electron chi connectivity index (χ0n) is 22.2. The molecular formula is C29H36FN4O2S+. The number of ether oxygens (including phenoxy) is 1. The van der Waals surface area contributed by atoms with E-state index in [1.165, 1.54) is 6.07 Å². The second-order valence-corrected chi connectivity index (χ2v) is 11.2. The normalized spacial score (nSPS) is 14.4. The van der Waals surface area contributed by atoms with Gasteiger partial charge >= 0.3 is 5.97 Å². The topological polar surface area (TPSA) is 55.3 Å². The summed E-state index contributed by atoms with van der Waals surface area (Å²) >= 11 is 1.57. The highest BCUT2D eigenvalue weighted by molar-refractivity contribution is 7.19. The van der Waals surface area contributed by atoms with Crippen LogP contribution in [0.5, 0.6) is 0 Å². The van der Waals surface area contributed by atoms with Gasteiger partial charge in [-0.15, -0.1) is 11.3 Å². The Balaban J connectivity index is 1.38. The third-order valence-corrected chi connectivity index (χ3v) is 7.50. The lowest BCUT2D eigenvalue weighted by Crippen LogP contribution is -2.41. The molecule has 0 N–H and O–H groups in total. The number of aryl methyl sites for hydroxylation is 1. The van der Waals surface area contributed by atoms with Crippen LogP contribution >= 0.6 is 11.3 Å². The first kappa shape index (κ1) is 26.9. The van der Waals surface area contributed by atoms with Crippen LogP contribution in [-0.4, -0.2) is 60.8 Å². The molecule has 8 heteroatoms. The van der Waals surface area contributed by atoms with E-state index in [-0.39, 0.29) is 11.8 Å². The molecule has 6 nitrogen and oxygen atoms in total. The van der Waals surface area contributed by atoms with Gasteiger partial charge in [-0.2, -0.15) is 0 Å². The van der Waals surface area contributed by atoms with Crippen LogP contribution in [0, 0.1) is 12.7 Å². The Hall–Kier alpha value is -3.10. The van der Waals surface area contributed by atoms with Gasteiger partial charge in [0.2, 0.25) is 0 Å². The predicted molar refractivity (Wildman–Crippen MR) is 150 cm³/mol. The molecule has 0 aliphatic carbocycles. The number of carbonyl (C=O) groups is 1. The zero-order chi connectivity index (χ0) is 26.4. The molecule has 196 valence electrons. The maximum atomic E-state index is 15.1. The van der Waals surface area contributed by atoms with Crippen molar-refractivity contribution in [1.29, 1.82) is 0 Å². The summed E-state index contributed by atoms with van der Waals surface area (Å²) in [5.41, 5.74) is 4.13. The second kappa shape index (κ2) is 12.0. The second-order valence-electron chi connectivity index (χ2n) is 10.1. The lowest BCUT2D eigenvalue weighted by atomic mass is 9.98. The van der Waals surface area contributed by atoms with Gasteiger partial charge < -0.3 is 14.1 Å². The summed E-state index contributed by atoms with van der Waals surface area (Å²) in [7, 11) is 4.40. The lowest BCUT2D eigenvalue weighted by molar-refractivity contribution is -0.890. The highest BCUT2D eigenvalue weighted by Crippen LogP contribution is 2.37. The minimum absolute atomic E-state index is 0.117. The number of benzene rings is 1. The van der Waals surface area contributed by atoms with E-state index in [0.717, 1.165) is 75.6 Å². The van der Waals surface area contributed by atoms with Crippen molar-refractivity contribution in [2.75, 3.05) is 45.2 Å². The number of hydrogen-bond donors (Lipinski definition) is 0. The van der Waals surface area contributed by atoms with Crippen LogP contribution in [0.1, 0.15) is 48.7 Å². The SMILES string of the molecule is CCOC(=O)CCC[N+](C)(C)CCCCN1C=CC(=Cc2nc3ncc(C)cc3s2)c2c(F)cccc21. The van der Waals surface area contributed by atoms with Gasteiger partial charge in [0.1, 0.15) is 10.8 Å². The van der Waals surface area contributed by atoms with Gasteiger partial charge in [-0.25, -0.2) is 14.4 Å². The Labute approximate surface area is 222 Å². The molecule has 0 unspecified atom stereocenters. The fourth-order valence-corrected chi connectivity index (χ4v) is 5.61. The third kappa shape index (κ3) is 7.02. The number of aromatic nitrogens is 2. The van der Waals surface area contributed by atoms with Crippen molar-refractivity contribution in [3.8, 4) is 0 Å². The first-order chi connectivity index (χ1) is 17.8. The summed E-state index contributed by atoms with van der Waals surface area (Å²) in [6.07, 6.45) is 11.1. The van der Waals surface area contributed by atoms with Crippen molar-refractivity contribution in [2.24, 2.45) is 0 Å². The largest absolute Gasteiger partial charge is 0.466 e. The molecule has 0 amide bonds. The van der Waals surface area contributed by atoms with Gasteiger partial charge in [0, 0.05) is 30.9 Å². The Bertz CT molecular complexity index is 1310. The van der Waals surface area contributed by atoms with Crippen molar-refractivity contribution < 1.29 is 18.4 Å². The van der Waals surface area contributed by atoms with Gasteiger partial charge in [-0.3, -0.25) is 4.79 Å². The Kier molecular flexibility index (Phi) is 8.71. The van der Waals surface area contributed by atoms with Crippen LogP contribution in [0.4, 0.5) is 10.1 Å². The molecule has 0 atom stereocenters. The molecule has 0 bridgehead atoms. The highest BCUT2D eigenvalue weighted by atomic mass is 32.1. The average molecular weight is 524 g/mol. The molecule has 1 aliphatic heterocycles. The van der Waals surface area contributed by atoms with Gasteiger partial charge in [-0.1, -0.05) is 6.07 Å². The van der Waals surface area contributed by atoms with E-state index < -0.39 is 0 Å². The summed E-state index contributed by atoms with van der Waals surface area (Å²) in [5.74, 6) is -0.346. The van der Waals surface area contributed by atoms with E-state index in [1.54, 1.807) is 17.4 Å². The number of halogens is 1. The van der Waals surface area contributed by atoms with E-state index >= 15 is 4.39 Å².